The monoisotopic (exact) mass is 398 g/mol. The fourth-order valence-corrected chi connectivity index (χ4v) is 3.34. The molecule has 6 heteroatoms. The standard InChI is InChI=1S/C24H22N4O2/c1-15-9-11-17-5-3-7-19(23(17)25-15)27-21(29)13-14-22(30)28-20-8-4-6-18-12-10-16(2)26-24(18)20/h3-12H,13-14H2,1-2H3,(H,27,29)(H,28,30). The summed E-state index contributed by atoms with van der Waals surface area (Å²) in [6.45, 7) is 3.82. The Bertz CT molecular complexity index is 1170. The lowest BCUT2D eigenvalue weighted by Gasteiger charge is -2.10. The van der Waals surface area contributed by atoms with Crippen LogP contribution in [0.2, 0.25) is 0 Å². The van der Waals surface area contributed by atoms with Gasteiger partial charge in [-0.3, -0.25) is 19.6 Å². The molecule has 0 atom stereocenters. The minimum atomic E-state index is -0.229. The number of hydrogen-bond acceptors (Lipinski definition) is 4. The van der Waals surface area contributed by atoms with E-state index in [1.54, 1.807) is 0 Å². The maximum atomic E-state index is 12.4. The zero-order valence-corrected chi connectivity index (χ0v) is 16.9. The van der Waals surface area contributed by atoms with Gasteiger partial charge in [0.05, 0.1) is 22.4 Å². The van der Waals surface area contributed by atoms with Crippen LogP contribution in [-0.4, -0.2) is 21.8 Å². The number of anilines is 2. The molecule has 0 radical (unpaired) electrons. The third-order valence-corrected chi connectivity index (χ3v) is 4.85. The van der Waals surface area contributed by atoms with Crippen molar-refractivity contribution >= 4 is 45.0 Å². The van der Waals surface area contributed by atoms with Gasteiger partial charge in [0.1, 0.15) is 0 Å². The molecule has 30 heavy (non-hydrogen) atoms. The number of carbonyl (C=O) groups excluding carboxylic acids is 2. The topological polar surface area (TPSA) is 84.0 Å². The molecule has 0 saturated carbocycles. The molecule has 0 aliphatic carbocycles. The van der Waals surface area contributed by atoms with Crippen molar-refractivity contribution in [1.29, 1.82) is 0 Å². The maximum absolute atomic E-state index is 12.4. The lowest BCUT2D eigenvalue weighted by atomic mass is 10.1. The van der Waals surface area contributed by atoms with Crippen LogP contribution in [0.3, 0.4) is 0 Å². The molecule has 2 heterocycles. The highest BCUT2D eigenvalue weighted by Gasteiger charge is 2.12. The molecule has 0 saturated heterocycles. The molecule has 0 aliphatic rings. The largest absolute Gasteiger partial charge is 0.324 e. The number of pyridine rings is 2. The van der Waals surface area contributed by atoms with E-state index in [-0.39, 0.29) is 24.7 Å². The third-order valence-electron chi connectivity index (χ3n) is 4.85. The highest BCUT2D eigenvalue weighted by molar-refractivity contribution is 6.04. The Hall–Kier alpha value is -3.80. The van der Waals surface area contributed by atoms with Crippen LogP contribution in [0, 0.1) is 13.8 Å². The summed E-state index contributed by atoms with van der Waals surface area (Å²) < 4.78 is 0. The van der Waals surface area contributed by atoms with Crippen molar-refractivity contribution < 1.29 is 9.59 Å². The second kappa shape index (κ2) is 8.29. The van der Waals surface area contributed by atoms with Crippen LogP contribution in [0.1, 0.15) is 24.2 Å². The summed E-state index contributed by atoms with van der Waals surface area (Å²) in [7, 11) is 0. The number of nitrogens with one attached hydrogen (secondary N) is 2. The van der Waals surface area contributed by atoms with Crippen LogP contribution < -0.4 is 10.6 Å². The van der Waals surface area contributed by atoms with Gasteiger partial charge >= 0.3 is 0 Å². The second-order valence-corrected chi connectivity index (χ2v) is 7.26. The lowest BCUT2D eigenvalue weighted by molar-refractivity contribution is -0.121. The quantitative estimate of drug-likeness (QED) is 0.508. The van der Waals surface area contributed by atoms with E-state index < -0.39 is 0 Å². The van der Waals surface area contributed by atoms with E-state index in [2.05, 4.69) is 20.6 Å². The van der Waals surface area contributed by atoms with Crippen molar-refractivity contribution in [2.24, 2.45) is 0 Å². The second-order valence-electron chi connectivity index (χ2n) is 7.26. The summed E-state index contributed by atoms with van der Waals surface area (Å²) >= 11 is 0. The van der Waals surface area contributed by atoms with E-state index in [4.69, 9.17) is 0 Å². The zero-order valence-electron chi connectivity index (χ0n) is 16.9. The number of rotatable bonds is 5. The van der Waals surface area contributed by atoms with E-state index in [0.29, 0.717) is 11.4 Å². The van der Waals surface area contributed by atoms with Gasteiger partial charge in [-0.25, -0.2) is 0 Å². The van der Waals surface area contributed by atoms with Crippen LogP contribution in [0.15, 0.2) is 60.7 Å². The van der Waals surface area contributed by atoms with Gasteiger partial charge in [0.25, 0.3) is 0 Å². The molecule has 150 valence electrons. The average molecular weight is 398 g/mol. The fourth-order valence-electron chi connectivity index (χ4n) is 3.34. The van der Waals surface area contributed by atoms with Crippen LogP contribution in [0.5, 0.6) is 0 Å². The SMILES string of the molecule is Cc1ccc2cccc(NC(=O)CCC(=O)Nc3cccc4ccc(C)nc34)c2n1. The van der Waals surface area contributed by atoms with Gasteiger partial charge in [-0.05, 0) is 38.1 Å². The summed E-state index contributed by atoms with van der Waals surface area (Å²) in [6, 6.07) is 19.1. The number of nitrogens with zero attached hydrogens (tertiary/aromatic N) is 2. The smallest absolute Gasteiger partial charge is 0.224 e. The minimum Gasteiger partial charge on any atom is -0.324 e. The summed E-state index contributed by atoms with van der Waals surface area (Å²) in [5, 5.41) is 7.66. The molecular weight excluding hydrogens is 376 g/mol. The van der Waals surface area contributed by atoms with E-state index in [0.717, 1.165) is 33.2 Å². The predicted octanol–water partition coefficient (Wildman–Crippen LogP) is 4.76. The van der Waals surface area contributed by atoms with Crippen molar-refractivity contribution in [3.63, 3.8) is 0 Å². The number of benzene rings is 2. The van der Waals surface area contributed by atoms with Gasteiger partial charge in [-0.1, -0.05) is 36.4 Å². The van der Waals surface area contributed by atoms with Crippen molar-refractivity contribution in [2.75, 3.05) is 10.6 Å². The summed E-state index contributed by atoms with van der Waals surface area (Å²) in [6.07, 6.45) is 0.149. The first-order valence-electron chi connectivity index (χ1n) is 9.82. The number of carbonyl (C=O) groups is 2. The van der Waals surface area contributed by atoms with Crippen LogP contribution in [0.25, 0.3) is 21.8 Å². The molecule has 2 amide bonds. The normalized spacial score (nSPS) is 10.9. The molecule has 0 bridgehead atoms. The van der Waals surface area contributed by atoms with Gasteiger partial charge in [0, 0.05) is 35.0 Å². The fraction of sp³-hybridized carbons (Fsp3) is 0.167. The average Bonchev–Trinajstić information content (AvgIpc) is 2.73. The molecule has 0 fully saturated rings. The van der Waals surface area contributed by atoms with Crippen molar-refractivity contribution in [2.45, 2.75) is 26.7 Å². The Kier molecular flexibility index (Phi) is 5.39. The third kappa shape index (κ3) is 4.27. The number of fused-ring (bicyclic) bond motifs is 2. The van der Waals surface area contributed by atoms with Crippen molar-refractivity contribution in [1.82, 2.24) is 9.97 Å². The van der Waals surface area contributed by atoms with Gasteiger partial charge in [0.15, 0.2) is 0 Å². The Morgan fingerprint density at radius 1 is 0.667 bits per heavy atom. The first-order chi connectivity index (χ1) is 14.5. The highest BCUT2D eigenvalue weighted by atomic mass is 16.2. The molecule has 2 N–H and O–H groups in total. The Balaban J connectivity index is 1.41. The molecular formula is C24H22N4O2. The first kappa shape index (κ1) is 19.5. The van der Waals surface area contributed by atoms with Crippen molar-refractivity contribution in [3.05, 3.63) is 72.1 Å². The van der Waals surface area contributed by atoms with Crippen molar-refractivity contribution in [3.8, 4) is 0 Å². The molecule has 4 aromatic rings. The predicted molar refractivity (Wildman–Crippen MR) is 119 cm³/mol. The zero-order chi connectivity index (χ0) is 21.1. The molecule has 0 unspecified atom stereocenters. The van der Waals surface area contributed by atoms with E-state index >= 15 is 0 Å². The maximum Gasteiger partial charge on any atom is 0.224 e. The summed E-state index contributed by atoms with van der Waals surface area (Å²) in [5.41, 5.74) is 4.54. The number of para-hydroxylation sites is 2. The number of hydrogen-bond donors (Lipinski definition) is 2. The van der Waals surface area contributed by atoms with E-state index in [1.807, 2.05) is 74.5 Å². The minimum absolute atomic E-state index is 0.0747. The molecule has 2 aromatic carbocycles. The Morgan fingerprint density at radius 2 is 1.10 bits per heavy atom. The highest BCUT2D eigenvalue weighted by Crippen LogP contribution is 2.23. The van der Waals surface area contributed by atoms with Gasteiger partial charge in [-0.2, -0.15) is 0 Å². The number of aromatic nitrogens is 2. The number of amides is 2. The van der Waals surface area contributed by atoms with Crippen LogP contribution in [-0.2, 0) is 9.59 Å². The first-order valence-corrected chi connectivity index (χ1v) is 9.82. The molecule has 0 aliphatic heterocycles. The molecule has 0 spiro atoms. The van der Waals surface area contributed by atoms with Crippen LogP contribution in [0.4, 0.5) is 11.4 Å². The van der Waals surface area contributed by atoms with Crippen LogP contribution >= 0.6 is 0 Å². The summed E-state index contributed by atoms with van der Waals surface area (Å²) in [5.74, 6) is -0.458. The Morgan fingerprint density at radius 3 is 1.53 bits per heavy atom. The lowest BCUT2D eigenvalue weighted by Crippen LogP contribution is -2.17. The summed E-state index contributed by atoms with van der Waals surface area (Å²) in [4.78, 5) is 33.9. The number of aryl methyl sites for hydroxylation is 2. The van der Waals surface area contributed by atoms with Gasteiger partial charge in [-0.15, -0.1) is 0 Å². The van der Waals surface area contributed by atoms with E-state index in [1.165, 1.54) is 0 Å². The molecule has 4 rings (SSSR count). The Labute approximate surface area is 174 Å². The van der Waals surface area contributed by atoms with E-state index in [9.17, 15) is 9.59 Å². The molecule has 2 aromatic heterocycles. The van der Waals surface area contributed by atoms with Gasteiger partial charge in [0.2, 0.25) is 11.8 Å². The molecule has 6 nitrogen and oxygen atoms in total. The van der Waals surface area contributed by atoms with Gasteiger partial charge < -0.3 is 10.6 Å².